The first kappa shape index (κ1) is 10.6. The highest BCUT2D eigenvalue weighted by molar-refractivity contribution is 5.65. The highest BCUT2D eigenvalue weighted by Crippen LogP contribution is 2.00. The van der Waals surface area contributed by atoms with Gasteiger partial charge in [0.2, 0.25) is 0 Å². The van der Waals surface area contributed by atoms with E-state index in [2.05, 4.69) is 13.2 Å². The number of allylic oxidation sites excluding steroid dienone is 4. The van der Waals surface area contributed by atoms with Crippen molar-refractivity contribution in [1.82, 2.24) is 0 Å². The maximum atomic E-state index is 10.3. The van der Waals surface area contributed by atoms with Crippen LogP contribution in [0.3, 0.4) is 0 Å². The van der Waals surface area contributed by atoms with E-state index in [1.807, 2.05) is 0 Å². The van der Waals surface area contributed by atoms with Gasteiger partial charge in [0.15, 0.2) is 0 Å². The highest BCUT2D eigenvalue weighted by atomic mass is 16.1. The molecule has 0 saturated carbocycles. The molecule has 0 radical (unpaired) electrons. The lowest BCUT2D eigenvalue weighted by molar-refractivity contribution is -0.108. The SMILES string of the molecule is C=C/C=C\C(=C/C=C)C(N)C=O. The lowest BCUT2D eigenvalue weighted by Gasteiger charge is -2.02. The molecule has 0 saturated heterocycles. The number of aldehydes is 1. The van der Waals surface area contributed by atoms with Crippen LogP contribution in [-0.2, 0) is 4.79 Å². The molecule has 2 nitrogen and oxygen atoms in total. The molecule has 0 heterocycles. The van der Waals surface area contributed by atoms with E-state index in [1.54, 1.807) is 30.4 Å². The molecule has 0 aliphatic carbocycles. The first-order chi connectivity index (χ1) is 5.76. The fourth-order valence-electron chi connectivity index (χ4n) is 0.672. The van der Waals surface area contributed by atoms with E-state index in [-0.39, 0.29) is 0 Å². The lowest BCUT2D eigenvalue weighted by Crippen LogP contribution is -2.22. The maximum absolute atomic E-state index is 10.3. The molecule has 64 valence electrons. The fourth-order valence-corrected chi connectivity index (χ4v) is 0.672. The molecule has 0 aromatic rings. The Hall–Kier alpha value is -1.41. The van der Waals surface area contributed by atoms with Crippen molar-refractivity contribution in [2.24, 2.45) is 5.73 Å². The van der Waals surface area contributed by atoms with Crippen LogP contribution in [0.1, 0.15) is 0 Å². The van der Waals surface area contributed by atoms with E-state index < -0.39 is 6.04 Å². The molecule has 0 aliphatic rings. The van der Waals surface area contributed by atoms with Gasteiger partial charge in [-0.05, 0) is 5.57 Å². The van der Waals surface area contributed by atoms with Crippen molar-refractivity contribution in [3.05, 3.63) is 49.1 Å². The summed E-state index contributed by atoms with van der Waals surface area (Å²) in [6.07, 6.45) is 9.04. The minimum atomic E-state index is -0.584. The van der Waals surface area contributed by atoms with Crippen molar-refractivity contribution in [3.8, 4) is 0 Å². The topological polar surface area (TPSA) is 43.1 Å². The van der Waals surface area contributed by atoms with Gasteiger partial charge in [0.25, 0.3) is 0 Å². The number of carbonyl (C=O) groups is 1. The Morgan fingerprint density at radius 2 is 2.00 bits per heavy atom. The second kappa shape index (κ2) is 6.31. The Morgan fingerprint density at radius 3 is 2.42 bits per heavy atom. The van der Waals surface area contributed by atoms with Crippen LogP contribution in [0.15, 0.2) is 49.1 Å². The van der Waals surface area contributed by atoms with Gasteiger partial charge in [-0.15, -0.1) is 0 Å². The predicted molar refractivity (Wildman–Crippen MR) is 51.7 cm³/mol. The fraction of sp³-hybridized carbons (Fsp3) is 0.100. The molecule has 1 atom stereocenters. The molecular weight excluding hydrogens is 150 g/mol. The third kappa shape index (κ3) is 3.68. The lowest BCUT2D eigenvalue weighted by atomic mass is 10.1. The Balaban J connectivity index is 4.53. The largest absolute Gasteiger partial charge is 0.318 e. The molecule has 1 unspecified atom stereocenters. The number of carbonyl (C=O) groups excluding carboxylic acids is 1. The van der Waals surface area contributed by atoms with Gasteiger partial charge >= 0.3 is 0 Å². The minimum Gasteiger partial charge on any atom is -0.318 e. The standard InChI is InChI=1S/C10H13NO/c1-3-5-7-9(6-4-2)10(11)8-12/h3-8,10H,1-2,11H2/b7-5-,9-6+. The summed E-state index contributed by atoms with van der Waals surface area (Å²) < 4.78 is 0. The van der Waals surface area contributed by atoms with Crippen molar-refractivity contribution < 1.29 is 4.79 Å². The summed E-state index contributed by atoms with van der Waals surface area (Å²) in [4.78, 5) is 10.3. The van der Waals surface area contributed by atoms with Crippen molar-refractivity contribution in [2.45, 2.75) is 6.04 Å². The molecule has 0 aromatic carbocycles. The summed E-state index contributed by atoms with van der Waals surface area (Å²) in [5, 5.41) is 0. The second-order valence-electron chi connectivity index (χ2n) is 2.16. The molecule has 2 heteroatoms. The van der Waals surface area contributed by atoms with Gasteiger partial charge in [-0.2, -0.15) is 0 Å². The van der Waals surface area contributed by atoms with E-state index in [0.29, 0.717) is 6.29 Å². The van der Waals surface area contributed by atoms with Crippen LogP contribution in [0.25, 0.3) is 0 Å². The van der Waals surface area contributed by atoms with Crippen molar-refractivity contribution >= 4 is 6.29 Å². The van der Waals surface area contributed by atoms with Crippen LogP contribution < -0.4 is 5.73 Å². The first-order valence-corrected chi connectivity index (χ1v) is 3.58. The van der Waals surface area contributed by atoms with Crippen LogP contribution in [0, 0.1) is 0 Å². The minimum absolute atomic E-state index is 0.584. The zero-order valence-electron chi connectivity index (χ0n) is 6.94. The van der Waals surface area contributed by atoms with Gasteiger partial charge in [0, 0.05) is 0 Å². The maximum Gasteiger partial charge on any atom is 0.141 e. The third-order valence-corrected chi connectivity index (χ3v) is 1.27. The molecule has 0 fully saturated rings. The van der Waals surface area contributed by atoms with Crippen LogP contribution >= 0.6 is 0 Å². The second-order valence-corrected chi connectivity index (χ2v) is 2.16. The highest BCUT2D eigenvalue weighted by Gasteiger charge is 2.01. The van der Waals surface area contributed by atoms with Crippen molar-refractivity contribution in [1.29, 1.82) is 0 Å². The van der Waals surface area contributed by atoms with Crippen LogP contribution in [0.2, 0.25) is 0 Å². The van der Waals surface area contributed by atoms with Gasteiger partial charge in [-0.25, -0.2) is 0 Å². The molecule has 0 aliphatic heterocycles. The van der Waals surface area contributed by atoms with E-state index in [0.717, 1.165) is 5.57 Å². The van der Waals surface area contributed by atoms with Gasteiger partial charge in [-0.1, -0.05) is 43.5 Å². The average molecular weight is 163 g/mol. The summed E-state index contributed by atoms with van der Waals surface area (Å²) in [6.45, 7) is 7.03. The summed E-state index contributed by atoms with van der Waals surface area (Å²) in [7, 11) is 0. The Bertz CT molecular complexity index is 226. The van der Waals surface area contributed by atoms with Crippen LogP contribution in [-0.4, -0.2) is 12.3 Å². The smallest absolute Gasteiger partial charge is 0.141 e. The van der Waals surface area contributed by atoms with E-state index in [4.69, 9.17) is 5.73 Å². The molecule has 12 heavy (non-hydrogen) atoms. The summed E-state index contributed by atoms with van der Waals surface area (Å²) in [5.74, 6) is 0. The zero-order chi connectivity index (χ0) is 9.40. The zero-order valence-corrected chi connectivity index (χ0v) is 6.94. The number of hydrogen-bond acceptors (Lipinski definition) is 2. The molecule has 0 spiro atoms. The number of rotatable bonds is 5. The van der Waals surface area contributed by atoms with E-state index in [1.165, 1.54) is 0 Å². The van der Waals surface area contributed by atoms with E-state index in [9.17, 15) is 4.79 Å². The normalized spacial score (nSPS) is 14.2. The van der Waals surface area contributed by atoms with Gasteiger partial charge in [-0.3, -0.25) is 0 Å². The van der Waals surface area contributed by atoms with E-state index >= 15 is 0 Å². The van der Waals surface area contributed by atoms with Crippen LogP contribution in [0.4, 0.5) is 0 Å². The van der Waals surface area contributed by atoms with Gasteiger partial charge in [0.1, 0.15) is 6.29 Å². The molecule has 0 aromatic heterocycles. The van der Waals surface area contributed by atoms with Crippen molar-refractivity contribution in [2.75, 3.05) is 0 Å². The first-order valence-electron chi connectivity index (χ1n) is 3.58. The van der Waals surface area contributed by atoms with Gasteiger partial charge in [0.05, 0.1) is 6.04 Å². The summed E-state index contributed by atoms with van der Waals surface area (Å²) in [5.41, 5.74) is 6.20. The predicted octanol–water partition coefficient (Wildman–Crippen LogP) is 1.37. The summed E-state index contributed by atoms with van der Waals surface area (Å²) in [6, 6.07) is -0.584. The number of hydrogen-bond donors (Lipinski definition) is 1. The molecule has 0 bridgehead atoms. The van der Waals surface area contributed by atoms with Crippen LogP contribution in [0.5, 0.6) is 0 Å². The van der Waals surface area contributed by atoms with Gasteiger partial charge < -0.3 is 10.5 Å². The number of nitrogens with two attached hydrogens (primary N) is 1. The molecular formula is C10H13NO. The molecule has 0 amide bonds. The summed E-state index contributed by atoms with van der Waals surface area (Å²) >= 11 is 0. The monoisotopic (exact) mass is 163 g/mol. The quantitative estimate of drug-likeness (QED) is 0.491. The Kier molecular flexibility index (Phi) is 5.57. The third-order valence-electron chi connectivity index (χ3n) is 1.27. The molecule has 2 N–H and O–H groups in total. The Labute approximate surface area is 72.8 Å². The van der Waals surface area contributed by atoms with Crippen molar-refractivity contribution in [3.63, 3.8) is 0 Å². The Morgan fingerprint density at radius 1 is 1.33 bits per heavy atom. The average Bonchev–Trinajstić information content (AvgIpc) is 2.11. The molecule has 0 rings (SSSR count).